The van der Waals surface area contributed by atoms with Gasteiger partial charge < -0.3 is 10.3 Å². The minimum atomic E-state index is 0.328. The molecule has 4 heteroatoms. The lowest BCUT2D eigenvalue weighted by Gasteiger charge is -2.04. The zero-order valence-electron chi connectivity index (χ0n) is 10.2. The van der Waals surface area contributed by atoms with Gasteiger partial charge in [-0.05, 0) is 43.7 Å². The standard InChI is InChI=1S/C13H16N4/c1-9-7-11-12(8-10(9)2)17(6-5-15)13(16-11)3-4-14/h7-8H,3-4,6,14H2,1-2H3. The molecule has 0 atom stereocenters. The SMILES string of the molecule is Cc1cc2nc(CCN)n(CC#N)c2cc1C. The molecule has 0 aliphatic rings. The number of benzene rings is 1. The average Bonchev–Trinajstić information content (AvgIpc) is 2.59. The Kier molecular flexibility index (Phi) is 3.12. The summed E-state index contributed by atoms with van der Waals surface area (Å²) in [5.74, 6) is 0.897. The third-order valence-electron chi connectivity index (χ3n) is 3.04. The van der Waals surface area contributed by atoms with Gasteiger partial charge in [0, 0.05) is 6.42 Å². The number of imidazole rings is 1. The van der Waals surface area contributed by atoms with Crippen molar-refractivity contribution in [2.24, 2.45) is 5.73 Å². The molecule has 17 heavy (non-hydrogen) atoms. The number of fused-ring (bicyclic) bond motifs is 1. The Morgan fingerprint density at radius 2 is 2.06 bits per heavy atom. The number of nitrogens with zero attached hydrogens (tertiary/aromatic N) is 3. The van der Waals surface area contributed by atoms with Gasteiger partial charge in [0.2, 0.25) is 0 Å². The second-order valence-electron chi connectivity index (χ2n) is 4.24. The predicted octanol–water partition coefficient (Wildman–Crippen LogP) is 1.68. The summed E-state index contributed by atoms with van der Waals surface area (Å²) in [5.41, 5.74) is 9.99. The molecule has 0 fully saturated rings. The fraction of sp³-hybridized carbons (Fsp3) is 0.385. The van der Waals surface area contributed by atoms with Crippen LogP contribution in [0.15, 0.2) is 12.1 Å². The molecule has 0 bridgehead atoms. The van der Waals surface area contributed by atoms with Crippen LogP contribution in [0.2, 0.25) is 0 Å². The minimum Gasteiger partial charge on any atom is -0.330 e. The quantitative estimate of drug-likeness (QED) is 0.869. The predicted molar refractivity (Wildman–Crippen MR) is 67.6 cm³/mol. The third kappa shape index (κ3) is 2.02. The summed E-state index contributed by atoms with van der Waals surface area (Å²) in [5, 5.41) is 8.88. The van der Waals surface area contributed by atoms with Crippen LogP contribution in [0, 0.1) is 25.2 Å². The van der Waals surface area contributed by atoms with Crippen molar-refractivity contribution >= 4 is 11.0 Å². The van der Waals surface area contributed by atoms with Crippen molar-refractivity contribution in [2.45, 2.75) is 26.8 Å². The van der Waals surface area contributed by atoms with Gasteiger partial charge in [0.15, 0.2) is 0 Å². The fourth-order valence-corrected chi connectivity index (χ4v) is 2.00. The molecular weight excluding hydrogens is 212 g/mol. The van der Waals surface area contributed by atoms with E-state index in [4.69, 9.17) is 11.0 Å². The number of nitriles is 1. The zero-order chi connectivity index (χ0) is 12.4. The fourth-order valence-electron chi connectivity index (χ4n) is 2.00. The van der Waals surface area contributed by atoms with Crippen molar-refractivity contribution < 1.29 is 0 Å². The van der Waals surface area contributed by atoms with Gasteiger partial charge in [-0.3, -0.25) is 0 Å². The molecule has 0 spiro atoms. The van der Waals surface area contributed by atoms with Gasteiger partial charge in [-0.25, -0.2) is 4.98 Å². The molecule has 0 radical (unpaired) electrons. The van der Waals surface area contributed by atoms with Crippen LogP contribution in [0.4, 0.5) is 0 Å². The van der Waals surface area contributed by atoms with Crippen molar-refractivity contribution in [3.63, 3.8) is 0 Å². The molecule has 0 unspecified atom stereocenters. The molecule has 2 aromatic rings. The molecule has 0 aliphatic heterocycles. The Morgan fingerprint density at radius 3 is 2.71 bits per heavy atom. The summed E-state index contributed by atoms with van der Waals surface area (Å²) in [6.45, 7) is 5.02. The highest BCUT2D eigenvalue weighted by atomic mass is 15.1. The third-order valence-corrected chi connectivity index (χ3v) is 3.04. The first-order chi connectivity index (χ1) is 8.17. The van der Waals surface area contributed by atoms with Crippen LogP contribution in [0.3, 0.4) is 0 Å². The lowest BCUT2D eigenvalue weighted by atomic mass is 10.1. The average molecular weight is 228 g/mol. The summed E-state index contributed by atoms with van der Waals surface area (Å²) >= 11 is 0. The van der Waals surface area contributed by atoms with Crippen LogP contribution in [0.25, 0.3) is 11.0 Å². The normalized spacial score (nSPS) is 10.7. The number of hydrogen-bond acceptors (Lipinski definition) is 3. The van der Waals surface area contributed by atoms with Crippen LogP contribution in [-0.2, 0) is 13.0 Å². The van der Waals surface area contributed by atoms with E-state index in [1.54, 1.807) is 0 Å². The van der Waals surface area contributed by atoms with E-state index in [2.05, 4.69) is 37.0 Å². The van der Waals surface area contributed by atoms with Gasteiger partial charge in [0.1, 0.15) is 12.4 Å². The number of aromatic nitrogens is 2. The van der Waals surface area contributed by atoms with Crippen molar-refractivity contribution in [1.82, 2.24) is 9.55 Å². The molecule has 1 aromatic heterocycles. The Hall–Kier alpha value is -1.86. The van der Waals surface area contributed by atoms with E-state index in [-0.39, 0.29) is 0 Å². The first kappa shape index (κ1) is 11.6. The summed E-state index contributed by atoms with van der Waals surface area (Å²) in [6, 6.07) is 6.34. The number of rotatable bonds is 3. The molecule has 0 aliphatic carbocycles. The molecular formula is C13H16N4. The molecule has 0 amide bonds. The highest BCUT2D eigenvalue weighted by molar-refractivity contribution is 5.78. The van der Waals surface area contributed by atoms with E-state index in [1.807, 2.05) is 4.57 Å². The van der Waals surface area contributed by atoms with Crippen LogP contribution in [0.1, 0.15) is 17.0 Å². The molecule has 1 aromatic carbocycles. The lowest BCUT2D eigenvalue weighted by Crippen LogP contribution is -2.09. The first-order valence-electron chi connectivity index (χ1n) is 5.70. The Bertz CT molecular complexity index is 589. The van der Waals surface area contributed by atoms with E-state index in [0.717, 1.165) is 16.9 Å². The van der Waals surface area contributed by atoms with E-state index >= 15 is 0 Å². The minimum absolute atomic E-state index is 0.328. The van der Waals surface area contributed by atoms with Gasteiger partial charge in [0.25, 0.3) is 0 Å². The number of aryl methyl sites for hydroxylation is 2. The monoisotopic (exact) mass is 228 g/mol. The first-order valence-corrected chi connectivity index (χ1v) is 5.70. The van der Waals surface area contributed by atoms with Gasteiger partial charge in [-0.2, -0.15) is 5.26 Å². The van der Waals surface area contributed by atoms with Crippen molar-refractivity contribution in [3.8, 4) is 6.07 Å². The van der Waals surface area contributed by atoms with Crippen LogP contribution < -0.4 is 5.73 Å². The smallest absolute Gasteiger partial charge is 0.112 e. The Morgan fingerprint density at radius 1 is 1.35 bits per heavy atom. The second kappa shape index (κ2) is 4.56. The van der Waals surface area contributed by atoms with E-state index < -0.39 is 0 Å². The number of nitrogens with two attached hydrogens (primary N) is 1. The Balaban J connectivity index is 2.67. The van der Waals surface area contributed by atoms with Gasteiger partial charge in [-0.15, -0.1) is 0 Å². The maximum atomic E-state index is 8.88. The van der Waals surface area contributed by atoms with Crippen molar-refractivity contribution in [1.29, 1.82) is 5.26 Å². The van der Waals surface area contributed by atoms with Crippen molar-refractivity contribution in [3.05, 3.63) is 29.1 Å². The van der Waals surface area contributed by atoms with E-state index in [1.165, 1.54) is 11.1 Å². The van der Waals surface area contributed by atoms with Gasteiger partial charge in [0.05, 0.1) is 17.1 Å². The zero-order valence-corrected chi connectivity index (χ0v) is 10.2. The molecule has 88 valence electrons. The molecule has 4 nitrogen and oxygen atoms in total. The highest BCUT2D eigenvalue weighted by Gasteiger charge is 2.10. The summed E-state index contributed by atoms with van der Waals surface area (Å²) in [6.07, 6.45) is 0.703. The van der Waals surface area contributed by atoms with Gasteiger partial charge >= 0.3 is 0 Å². The van der Waals surface area contributed by atoms with Crippen LogP contribution in [-0.4, -0.2) is 16.1 Å². The van der Waals surface area contributed by atoms with E-state index in [9.17, 15) is 0 Å². The van der Waals surface area contributed by atoms with Gasteiger partial charge in [-0.1, -0.05) is 0 Å². The lowest BCUT2D eigenvalue weighted by molar-refractivity contribution is 0.753. The topological polar surface area (TPSA) is 67.6 Å². The second-order valence-corrected chi connectivity index (χ2v) is 4.24. The van der Waals surface area contributed by atoms with Crippen LogP contribution >= 0.6 is 0 Å². The summed E-state index contributed by atoms with van der Waals surface area (Å²) in [4.78, 5) is 4.55. The molecule has 0 saturated heterocycles. The Labute approximate surface area is 101 Å². The van der Waals surface area contributed by atoms with Crippen molar-refractivity contribution in [2.75, 3.05) is 6.54 Å². The maximum absolute atomic E-state index is 8.88. The van der Waals surface area contributed by atoms with E-state index in [0.29, 0.717) is 19.5 Å². The highest BCUT2D eigenvalue weighted by Crippen LogP contribution is 2.20. The molecule has 2 rings (SSSR count). The largest absolute Gasteiger partial charge is 0.330 e. The summed E-state index contributed by atoms with van der Waals surface area (Å²) < 4.78 is 1.95. The van der Waals surface area contributed by atoms with Crippen LogP contribution in [0.5, 0.6) is 0 Å². The molecule has 0 saturated carbocycles. The maximum Gasteiger partial charge on any atom is 0.112 e. The molecule has 2 N–H and O–H groups in total. The molecule has 1 heterocycles. The summed E-state index contributed by atoms with van der Waals surface area (Å²) in [7, 11) is 0. The number of hydrogen-bond donors (Lipinski definition) is 1.